The summed E-state index contributed by atoms with van der Waals surface area (Å²) in [6, 6.07) is 3.96. The van der Waals surface area contributed by atoms with Gasteiger partial charge < -0.3 is 10.6 Å². The van der Waals surface area contributed by atoms with Crippen LogP contribution in [0.4, 0.5) is 11.4 Å². The molecule has 0 spiro atoms. The molecule has 1 aliphatic heterocycles. The maximum absolute atomic E-state index is 12.2. The van der Waals surface area contributed by atoms with Crippen molar-refractivity contribution in [3.05, 3.63) is 33.9 Å². The van der Waals surface area contributed by atoms with Gasteiger partial charge in [0.05, 0.1) is 10.5 Å². The minimum atomic E-state index is -0.526. The fourth-order valence-corrected chi connectivity index (χ4v) is 2.68. The van der Waals surface area contributed by atoms with Gasteiger partial charge in [0.2, 0.25) is 0 Å². The number of amides is 1. The fourth-order valence-electron chi connectivity index (χ4n) is 1.78. The highest BCUT2D eigenvalue weighted by atomic mass is 32.2. The topological polar surface area (TPSA) is 89.5 Å². The van der Waals surface area contributed by atoms with E-state index in [1.807, 2.05) is 0 Å². The first-order chi connectivity index (χ1) is 8.59. The number of nitrogen functional groups attached to an aromatic ring is 1. The number of nitro benzene ring substituents is 1. The third kappa shape index (κ3) is 2.56. The number of hydrogen-bond donors (Lipinski definition) is 1. The van der Waals surface area contributed by atoms with Crippen LogP contribution in [0.1, 0.15) is 10.4 Å². The zero-order valence-electron chi connectivity index (χ0n) is 9.67. The standard InChI is InChI=1S/C11H13N3O3S/c12-10-2-1-8(14(16)17)7-9(10)11(15)13-3-5-18-6-4-13/h1-2,7H,3-6,12H2. The Morgan fingerprint density at radius 1 is 1.39 bits per heavy atom. The number of nitrogens with two attached hydrogens (primary N) is 1. The quantitative estimate of drug-likeness (QED) is 0.496. The number of thioether (sulfide) groups is 1. The third-order valence-electron chi connectivity index (χ3n) is 2.78. The van der Waals surface area contributed by atoms with Crippen molar-refractivity contribution in [1.82, 2.24) is 4.90 Å². The van der Waals surface area contributed by atoms with Crippen LogP contribution >= 0.6 is 11.8 Å². The second kappa shape index (κ2) is 5.26. The molecule has 2 rings (SSSR count). The van der Waals surface area contributed by atoms with Crippen LogP contribution in [0.3, 0.4) is 0 Å². The Bertz CT molecular complexity index is 486. The first-order valence-electron chi connectivity index (χ1n) is 5.50. The molecule has 0 aliphatic carbocycles. The lowest BCUT2D eigenvalue weighted by Gasteiger charge is -2.26. The van der Waals surface area contributed by atoms with E-state index in [4.69, 9.17) is 5.73 Å². The van der Waals surface area contributed by atoms with E-state index >= 15 is 0 Å². The number of non-ortho nitro benzene ring substituents is 1. The zero-order chi connectivity index (χ0) is 13.1. The van der Waals surface area contributed by atoms with Gasteiger partial charge in [-0.1, -0.05) is 0 Å². The average molecular weight is 267 g/mol. The molecule has 0 unspecified atom stereocenters. The maximum Gasteiger partial charge on any atom is 0.270 e. The monoisotopic (exact) mass is 267 g/mol. The van der Waals surface area contributed by atoms with E-state index in [-0.39, 0.29) is 22.8 Å². The molecule has 1 amide bonds. The number of rotatable bonds is 2. The van der Waals surface area contributed by atoms with Crippen molar-refractivity contribution in [1.29, 1.82) is 0 Å². The van der Waals surface area contributed by atoms with Gasteiger partial charge >= 0.3 is 0 Å². The van der Waals surface area contributed by atoms with Crippen molar-refractivity contribution in [3.8, 4) is 0 Å². The number of nitro groups is 1. The lowest BCUT2D eigenvalue weighted by Crippen LogP contribution is -2.38. The van der Waals surface area contributed by atoms with Crippen molar-refractivity contribution >= 4 is 29.0 Å². The summed E-state index contributed by atoms with van der Waals surface area (Å²) in [6.45, 7) is 1.32. The number of carbonyl (C=O) groups is 1. The lowest BCUT2D eigenvalue weighted by atomic mass is 10.1. The van der Waals surface area contributed by atoms with Crippen molar-refractivity contribution in [2.45, 2.75) is 0 Å². The van der Waals surface area contributed by atoms with Gasteiger partial charge in [0.1, 0.15) is 0 Å². The minimum Gasteiger partial charge on any atom is -0.398 e. The molecule has 2 N–H and O–H groups in total. The molecule has 1 aromatic carbocycles. The molecule has 0 atom stereocenters. The molecule has 0 aromatic heterocycles. The van der Waals surface area contributed by atoms with Gasteiger partial charge in [-0.15, -0.1) is 0 Å². The van der Waals surface area contributed by atoms with Crippen LogP contribution in [0.5, 0.6) is 0 Å². The summed E-state index contributed by atoms with van der Waals surface area (Å²) in [5.41, 5.74) is 6.11. The molecule has 1 aliphatic rings. The number of nitrogens with zero attached hydrogens (tertiary/aromatic N) is 2. The highest BCUT2D eigenvalue weighted by molar-refractivity contribution is 7.99. The molecule has 0 saturated carbocycles. The summed E-state index contributed by atoms with van der Waals surface area (Å²) in [5.74, 6) is 1.55. The number of benzene rings is 1. The molecular weight excluding hydrogens is 254 g/mol. The molecule has 7 heteroatoms. The highest BCUT2D eigenvalue weighted by Gasteiger charge is 2.22. The number of hydrogen-bond acceptors (Lipinski definition) is 5. The number of anilines is 1. The van der Waals surface area contributed by atoms with Gasteiger partial charge in [0, 0.05) is 42.4 Å². The normalized spacial score (nSPS) is 15.4. The summed E-state index contributed by atoms with van der Waals surface area (Å²) < 4.78 is 0. The summed E-state index contributed by atoms with van der Waals surface area (Å²) >= 11 is 1.79. The van der Waals surface area contributed by atoms with Crippen LogP contribution in [0.25, 0.3) is 0 Å². The van der Waals surface area contributed by atoms with E-state index in [0.717, 1.165) is 11.5 Å². The van der Waals surface area contributed by atoms with Crippen molar-refractivity contribution in [2.24, 2.45) is 0 Å². The van der Waals surface area contributed by atoms with E-state index in [2.05, 4.69) is 0 Å². The maximum atomic E-state index is 12.2. The Balaban J connectivity index is 2.28. The van der Waals surface area contributed by atoms with E-state index in [1.54, 1.807) is 16.7 Å². The second-order valence-electron chi connectivity index (χ2n) is 3.93. The molecule has 1 saturated heterocycles. The van der Waals surface area contributed by atoms with E-state index in [9.17, 15) is 14.9 Å². The summed E-state index contributed by atoms with van der Waals surface area (Å²) in [4.78, 5) is 24.1. The first kappa shape index (κ1) is 12.7. The Morgan fingerprint density at radius 2 is 2.06 bits per heavy atom. The summed E-state index contributed by atoms with van der Waals surface area (Å²) in [5, 5.41) is 10.7. The molecule has 0 radical (unpaired) electrons. The summed E-state index contributed by atoms with van der Waals surface area (Å²) in [7, 11) is 0. The minimum absolute atomic E-state index is 0.112. The molecule has 6 nitrogen and oxygen atoms in total. The van der Waals surface area contributed by atoms with E-state index in [1.165, 1.54) is 18.2 Å². The van der Waals surface area contributed by atoms with Crippen molar-refractivity contribution in [3.63, 3.8) is 0 Å². The Hall–Kier alpha value is -1.76. The van der Waals surface area contributed by atoms with Crippen LogP contribution in [-0.2, 0) is 0 Å². The Kier molecular flexibility index (Phi) is 3.71. The molecule has 18 heavy (non-hydrogen) atoms. The van der Waals surface area contributed by atoms with Crippen LogP contribution < -0.4 is 5.73 Å². The molecule has 1 heterocycles. The molecule has 96 valence electrons. The van der Waals surface area contributed by atoms with Crippen LogP contribution in [0, 0.1) is 10.1 Å². The first-order valence-corrected chi connectivity index (χ1v) is 6.66. The van der Waals surface area contributed by atoms with Gasteiger partial charge in [-0.2, -0.15) is 11.8 Å². The van der Waals surface area contributed by atoms with Crippen molar-refractivity contribution in [2.75, 3.05) is 30.3 Å². The fraction of sp³-hybridized carbons (Fsp3) is 0.364. The molecule has 0 bridgehead atoms. The van der Waals surface area contributed by atoms with E-state index in [0.29, 0.717) is 13.1 Å². The molecule has 1 aromatic rings. The largest absolute Gasteiger partial charge is 0.398 e. The number of carbonyl (C=O) groups excluding carboxylic acids is 1. The van der Waals surface area contributed by atoms with Gasteiger partial charge in [-0.25, -0.2) is 0 Å². The lowest BCUT2D eigenvalue weighted by molar-refractivity contribution is -0.384. The Labute approximate surface area is 108 Å². The smallest absolute Gasteiger partial charge is 0.270 e. The van der Waals surface area contributed by atoms with Crippen LogP contribution in [-0.4, -0.2) is 40.3 Å². The third-order valence-corrected chi connectivity index (χ3v) is 3.72. The highest BCUT2D eigenvalue weighted by Crippen LogP contribution is 2.22. The molecular formula is C11H13N3O3S. The molecule has 1 fully saturated rings. The Morgan fingerprint density at radius 3 is 2.67 bits per heavy atom. The predicted octanol–water partition coefficient (Wildman–Crippen LogP) is 1.37. The van der Waals surface area contributed by atoms with Gasteiger partial charge in [-0.3, -0.25) is 14.9 Å². The van der Waals surface area contributed by atoms with Gasteiger partial charge in [0.25, 0.3) is 11.6 Å². The predicted molar refractivity (Wildman–Crippen MR) is 70.7 cm³/mol. The van der Waals surface area contributed by atoms with Crippen molar-refractivity contribution < 1.29 is 9.72 Å². The average Bonchev–Trinajstić information content (AvgIpc) is 2.39. The van der Waals surface area contributed by atoms with E-state index < -0.39 is 4.92 Å². The van der Waals surface area contributed by atoms with Gasteiger partial charge in [0.15, 0.2) is 0 Å². The second-order valence-corrected chi connectivity index (χ2v) is 5.16. The zero-order valence-corrected chi connectivity index (χ0v) is 10.5. The van der Waals surface area contributed by atoms with Gasteiger partial charge in [-0.05, 0) is 6.07 Å². The van der Waals surface area contributed by atoms with Crippen LogP contribution in [0.15, 0.2) is 18.2 Å². The van der Waals surface area contributed by atoms with Crippen LogP contribution in [0.2, 0.25) is 0 Å². The SMILES string of the molecule is Nc1ccc([N+](=O)[O-])cc1C(=O)N1CCSCC1. The summed E-state index contributed by atoms with van der Waals surface area (Å²) in [6.07, 6.45) is 0.